The molecule has 2 aromatic heterocycles. The third-order valence-corrected chi connectivity index (χ3v) is 7.75. The van der Waals surface area contributed by atoms with Crippen LogP contribution in [0.3, 0.4) is 0 Å². The van der Waals surface area contributed by atoms with Crippen molar-refractivity contribution < 1.29 is 19.1 Å². The van der Waals surface area contributed by atoms with Gasteiger partial charge in [-0.2, -0.15) is 0 Å². The zero-order chi connectivity index (χ0) is 23.4. The van der Waals surface area contributed by atoms with Gasteiger partial charge in [0.1, 0.15) is 6.54 Å². The first-order valence-corrected chi connectivity index (χ1v) is 12.8. The zero-order valence-electron chi connectivity index (χ0n) is 19.1. The lowest BCUT2D eigenvalue weighted by atomic mass is 10.1. The summed E-state index contributed by atoms with van der Waals surface area (Å²) in [5, 5.41) is 3.93. The third-order valence-electron chi connectivity index (χ3n) is 5.89. The van der Waals surface area contributed by atoms with Crippen LogP contribution < -0.4 is 9.47 Å². The average Bonchev–Trinajstić information content (AvgIpc) is 3.58. The van der Waals surface area contributed by atoms with Gasteiger partial charge in [-0.3, -0.25) is 9.59 Å². The molecular formula is C25H28N2O4S2. The van der Waals surface area contributed by atoms with Crippen LogP contribution in [0.1, 0.15) is 45.9 Å². The van der Waals surface area contributed by atoms with E-state index in [2.05, 4.69) is 13.0 Å². The molecule has 8 heteroatoms. The molecule has 6 nitrogen and oxygen atoms in total. The minimum atomic E-state index is -0.0944. The molecule has 0 spiro atoms. The van der Waals surface area contributed by atoms with Crippen LogP contribution in [0, 0.1) is 6.92 Å². The summed E-state index contributed by atoms with van der Waals surface area (Å²) in [6.07, 6.45) is 0.774. The molecule has 0 saturated heterocycles. The number of ether oxygens (including phenoxy) is 2. The highest BCUT2D eigenvalue weighted by atomic mass is 32.1. The summed E-state index contributed by atoms with van der Waals surface area (Å²) in [5.74, 6) is 1.24. The summed E-state index contributed by atoms with van der Waals surface area (Å²) >= 11 is 3.04. The molecule has 1 aliphatic rings. The molecule has 1 aliphatic heterocycles. The van der Waals surface area contributed by atoms with Crippen molar-refractivity contribution in [3.63, 3.8) is 0 Å². The zero-order valence-corrected chi connectivity index (χ0v) is 20.7. The highest BCUT2D eigenvalue weighted by Gasteiger charge is 2.27. The lowest BCUT2D eigenvalue weighted by molar-refractivity contribution is -0.133. The predicted molar refractivity (Wildman–Crippen MR) is 131 cm³/mol. The van der Waals surface area contributed by atoms with Crippen molar-refractivity contribution in [1.82, 2.24) is 9.80 Å². The molecule has 174 valence electrons. The number of carbonyl (C=O) groups is 2. The van der Waals surface area contributed by atoms with E-state index in [1.54, 1.807) is 16.2 Å². The Morgan fingerprint density at radius 2 is 1.88 bits per heavy atom. The van der Waals surface area contributed by atoms with Gasteiger partial charge in [-0.1, -0.05) is 19.1 Å². The van der Waals surface area contributed by atoms with Gasteiger partial charge >= 0.3 is 0 Å². The number of rotatable bonds is 9. The molecule has 0 fully saturated rings. The molecule has 0 aliphatic carbocycles. The Kier molecular flexibility index (Phi) is 7.35. The molecule has 0 saturated carbocycles. The van der Waals surface area contributed by atoms with E-state index in [0.29, 0.717) is 23.7 Å². The van der Waals surface area contributed by atoms with Crippen molar-refractivity contribution in [3.8, 4) is 11.5 Å². The Hall–Kier alpha value is -2.84. The number of hydrogen-bond donors (Lipinski definition) is 0. The summed E-state index contributed by atoms with van der Waals surface area (Å²) < 4.78 is 10.9. The monoisotopic (exact) mass is 484 g/mol. The number of aryl methyl sites for hydroxylation is 1. The van der Waals surface area contributed by atoms with Gasteiger partial charge in [-0.05, 0) is 66.4 Å². The molecule has 1 atom stereocenters. The molecule has 33 heavy (non-hydrogen) atoms. The summed E-state index contributed by atoms with van der Waals surface area (Å²) in [4.78, 5) is 32.1. The second kappa shape index (κ2) is 10.4. The molecule has 0 N–H and O–H groups in total. The SMILES string of the molecule is CC[C@H](C)N(CC(=O)N(Cc1ccc2c(c1)OCO2)Cc1sccc1C)C(=O)c1cccs1. The quantitative estimate of drug-likeness (QED) is 0.413. The van der Waals surface area contributed by atoms with Crippen LogP contribution in [-0.4, -0.2) is 41.0 Å². The molecule has 4 rings (SSSR count). The molecule has 1 aromatic carbocycles. The Labute approximate surface area is 202 Å². The standard InChI is InChI=1S/C25H28N2O4S2/c1-4-18(3)27(25(29)22-6-5-10-32-22)15-24(28)26(14-23-17(2)9-11-33-23)13-19-7-8-20-21(12-19)31-16-30-20/h5-12,18H,4,13-16H2,1-3H3/t18-/m0/s1. The smallest absolute Gasteiger partial charge is 0.264 e. The van der Waals surface area contributed by atoms with Crippen molar-refractivity contribution in [1.29, 1.82) is 0 Å². The molecule has 3 heterocycles. The molecule has 0 radical (unpaired) electrons. The van der Waals surface area contributed by atoms with Gasteiger partial charge in [0, 0.05) is 17.5 Å². The van der Waals surface area contributed by atoms with Gasteiger partial charge in [-0.25, -0.2) is 0 Å². The Bertz CT molecular complexity index is 1110. The minimum absolute atomic E-state index is 0.0422. The lowest BCUT2D eigenvalue weighted by Gasteiger charge is -2.31. The van der Waals surface area contributed by atoms with E-state index in [0.717, 1.165) is 28.2 Å². The van der Waals surface area contributed by atoms with E-state index >= 15 is 0 Å². The maximum absolute atomic E-state index is 13.6. The Balaban J connectivity index is 1.57. The fourth-order valence-electron chi connectivity index (χ4n) is 3.67. The molecule has 0 unspecified atom stereocenters. The number of nitrogens with zero attached hydrogens (tertiary/aromatic N) is 2. The van der Waals surface area contributed by atoms with Crippen LogP contribution in [0.15, 0.2) is 47.2 Å². The fourth-order valence-corrected chi connectivity index (χ4v) is 5.27. The van der Waals surface area contributed by atoms with Crippen LogP contribution in [0.5, 0.6) is 11.5 Å². The van der Waals surface area contributed by atoms with E-state index in [-0.39, 0.29) is 31.2 Å². The highest BCUT2D eigenvalue weighted by Crippen LogP contribution is 2.33. The maximum atomic E-state index is 13.6. The second-order valence-electron chi connectivity index (χ2n) is 8.13. The largest absolute Gasteiger partial charge is 0.454 e. The number of benzene rings is 1. The molecule has 2 amide bonds. The number of thiophene rings is 2. The van der Waals surface area contributed by atoms with E-state index in [1.165, 1.54) is 11.3 Å². The van der Waals surface area contributed by atoms with Crippen molar-refractivity contribution in [2.24, 2.45) is 0 Å². The third kappa shape index (κ3) is 5.39. The maximum Gasteiger partial charge on any atom is 0.264 e. The van der Waals surface area contributed by atoms with Crippen LogP contribution in [0.25, 0.3) is 0 Å². The fraction of sp³-hybridized carbons (Fsp3) is 0.360. The lowest BCUT2D eigenvalue weighted by Crippen LogP contribution is -2.46. The summed E-state index contributed by atoms with van der Waals surface area (Å²) in [6.45, 7) is 7.26. The first-order chi connectivity index (χ1) is 16.0. The molecule has 3 aromatic rings. The summed E-state index contributed by atoms with van der Waals surface area (Å²) in [6, 6.07) is 11.5. The van der Waals surface area contributed by atoms with Crippen LogP contribution in [0.2, 0.25) is 0 Å². The van der Waals surface area contributed by atoms with Gasteiger partial charge in [0.15, 0.2) is 11.5 Å². The molecular weight excluding hydrogens is 456 g/mol. The van der Waals surface area contributed by atoms with Gasteiger partial charge < -0.3 is 19.3 Å². The van der Waals surface area contributed by atoms with Crippen LogP contribution in [0.4, 0.5) is 0 Å². The summed E-state index contributed by atoms with van der Waals surface area (Å²) in [5.41, 5.74) is 2.12. The highest BCUT2D eigenvalue weighted by molar-refractivity contribution is 7.12. The van der Waals surface area contributed by atoms with Crippen molar-refractivity contribution in [2.45, 2.75) is 46.3 Å². The van der Waals surface area contributed by atoms with Crippen LogP contribution in [-0.2, 0) is 17.9 Å². The predicted octanol–water partition coefficient (Wildman–Crippen LogP) is 5.32. The van der Waals surface area contributed by atoms with Gasteiger partial charge in [0.2, 0.25) is 12.7 Å². The van der Waals surface area contributed by atoms with Gasteiger partial charge in [0.25, 0.3) is 5.91 Å². The first-order valence-electron chi connectivity index (χ1n) is 11.0. The average molecular weight is 485 g/mol. The second-order valence-corrected chi connectivity index (χ2v) is 10.1. The van der Waals surface area contributed by atoms with Crippen molar-refractivity contribution >= 4 is 34.5 Å². The van der Waals surface area contributed by atoms with E-state index in [1.807, 2.05) is 59.8 Å². The van der Waals surface area contributed by atoms with E-state index in [9.17, 15) is 9.59 Å². The number of amides is 2. The van der Waals surface area contributed by atoms with Gasteiger partial charge in [-0.15, -0.1) is 22.7 Å². The minimum Gasteiger partial charge on any atom is -0.454 e. The number of fused-ring (bicyclic) bond motifs is 1. The van der Waals surface area contributed by atoms with Crippen LogP contribution >= 0.6 is 22.7 Å². The topological polar surface area (TPSA) is 59.1 Å². The van der Waals surface area contributed by atoms with E-state index < -0.39 is 0 Å². The van der Waals surface area contributed by atoms with Gasteiger partial charge in [0.05, 0.1) is 11.4 Å². The number of carbonyl (C=O) groups excluding carboxylic acids is 2. The number of hydrogen-bond acceptors (Lipinski definition) is 6. The summed E-state index contributed by atoms with van der Waals surface area (Å²) in [7, 11) is 0. The van der Waals surface area contributed by atoms with Crippen molar-refractivity contribution in [3.05, 3.63) is 68.0 Å². The Morgan fingerprint density at radius 1 is 1.06 bits per heavy atom. The van der Waals surface area contributed by atoms with E-state index in [4.69, 9.17) is 9.47 Å². The molecule has 0 bridgehead atoms. The Morgan fingerprint density at radius 3 is 2.58 bits per heavy atom. The normalized spacial score (nSPS) is 13.1. The first kappa shape index (κ1) is 23.3. The van der Waals surface area contributed by atoms with Crippen molar-refractivity contribution in [2.75, 3.05) is 13.3 Å².